The fourth-order valence-electron chi connectivity index (χ4n) is 0.525. The Bertz CT molecular complexity index is 183. The van der Waals surface area contributed by atoms with Crippen molar-refractivity contribution >= 4 is 11.9 Å². The zero-order valence-electron chi connectivity index (χ0n) is 5.90. The molecule has 0 saturated carbocycles. The Labute approximate surface area is 74.9 Å². The molecule has 6 heteroatoms. The molecule has 0 aliphatic rings. The van der Waals surface area contributed by atoms with Gasteiger partial charge in [0.15, 0.2) is 0 Å². The van der Waals surface area contributed by atoms with Crippen LogP contribution in [-0.4, -0.2) is 30.1 Å². The molecule has 1 amide bonds. The first-order valence-electron chi connectivity index (χ1n) is 2.88. The Hall–Kier alpha value is -0.412. The average Bonchev–Trinajstić information content (AvgIpc) is 1.99. The number of hydrogen-bond donors (Lipinski definition) is 2. The molecule has 11 heavy (non-hydrogen) atoms. The van der Waals surface area contributed by atoms with Gasteiger partial charge in [-0.3, -0.25) is 0 Å². The second-order valence-electron chi connectivity index (χ2n) is 1.87. The van der Waals surface area contributed by atoms with Gasteiger partial charge in [0.05, 0.1) is 0 Å². The first-order chi connectivity index (χ1) is 5.11. The van der Waals surface area contributed by atoms with Gasteiger partial charge < -0.3 is 0 Å². The van der Waals surface area contributed by atoms with Crippen molar-refractivity contribution < 1.29 is 34.3 Å². The first-order valence-corrected chi connectivity index (χ1v) is 4.19. The summed E-state index contributed by atoms with van der Waals surface area (Å²) in [5.74, 6) is -1.40. The van der Waals surface area contributed by atoms with Crippen LogP contribution in [0.25, 0.3) is 0 Å². The van der Waals surface area contributed by atoms with Crippen LogP contribution in [0.4, 0.5) is 0 Å². The van der Waals surface area contributed by atoms with Crippen molar-refractivity contribution in [2.45, 2.75) is 12.5 Å². The number of nitrogens with one attached hydrogen (secondary N) is 1. The van der Waals surface area contributed by atoms with Crippen molar-refractivity contribution in [3.8, 4) is 0 Å². The average molecular weight is 328 g/mol. The third-order valence-electron chi connectivity index (χ3n) is 1.13. The van der Waals surface area contributed by atoms with E-state index in [1.165, 1.54) is 7.05 Å². The third-order valence-corrected chi connectivity index (χ3v) is 1.86. The first kappa shape index (κ1) is 10.6. The summed E-state index contributed by atoms with van der Waals surface area (Å²) < 4.78 is 3.40. The molecule has 0 rings (SSSR count). The Kier molecular flexibility index (Phi) is 5.07. The van der Waals surface area contributed by atoms with E-state index < -0.39 is 12.0 Å². The summed E-state index contributed by atoms with van der Waals surface area (Å²) >= 11 is 0.797. The standard InChI is InChI=1S/C5H8N2O3.W/c1-7-3(5(9)10)2-4(6)8;/h3,7H,2H2,1H3,(H,9,10);. The van der Waals surface area contributed by atoms with Crippen LogP contribution < -0.4 is 5.32 Å². The molecule has 0 aromatic carbocycles. The SMILES string of the molecule is CNC(CC(=O)[N]=[W])C(=O)O. The molecule has 0 aliphatic heterocycles. The topological polar surface area (TPSA) is 78.8 Å². The number of carboxylic acid groups (broad SMARTS) is 1. The summed E-state index contributed by atoms with van der Waals surface area (Å²) in [5.41, 5.74) is 0. The number of carbonyl (C=O) groups is 2. The van der Waals surface area contributed by atoms with E-state index >= 15 is 0 Å². The van der Waals surface area contributed by atoms with Gasteiger partial charge in [0, 0.05) is 0 Å². The maximum atomic E-state index is 10.6. The van der Waals surface area contributed by atoms with Gasteiger partial charge >= 0.3 is 74.5 Å². The molecule has 0 aliphatic carbocycles. The van der Waals surface area contributed by atoms with Gasteiger partial charge in [-0.25, -0.2) is 0 Å². The van der Waals surface area contributed by atoms with Crippen LogP contribution in [0.15, 0.2) is 3.50 Å². The maximum absolute atomic E-state index is 10.6. The van der Waals surface area contributed by atoms with Gasteiger partial charge in [0.2, 0.25) is 0 Å². The second-order valence-corrected chi connectivity index (χ2v) is 2.52. The van der Waals surface area contributed by atoms with E-state index in [1.54, 1.807) is 0 Å². The molecule has 0 aromatic heterocycles. The van der Waals surface area contributed by atoms with Crippen LogP contribution in [-0.2, 0) is 29.2 Å². The van der Waals surface area contributed by atoms with E-state index in [9.17, 15) is 9.59 Å². The molecule has 0 aromatic rings. The van der Waals surface area contributed by atoms with E-state index in [0.717, 1.165) is 19.6 Å². The molecule has 62 valence electrons. The molecule has 0 saturated heterocycles. The predicted octanol–water partition coefficient (Wildman–Crippen LogP) is -0.694. The molecule has 0 heterocycles. The molecule has 5 nitrogen and oxygen atoms in total. The van der Waals surface area contributed by atoms with Crippen LogP contribution in [0.1, 0.15) is 6.42 Å². The molecular weight excluding hydrogens is 320 g/mol. The monoisotopic (exact) mass is 328 g/mol. The molecule has 1 atom stereocenters. The van der Waals surface area contributed by atoms with Gasteiger partial charge in [-0.1, -0.05) is 0 Å². The molecule has 0 bridgehead atoms. The summed E-state index contributed by atoms with van der Waals surface area (Å²) in [4.78, 5) is 21.0. The fourth-order valence-corrected chi connectivity index (χ4v) is 0.793. The van der Waals surface area contributed by atoms with Gasteiger partial charge in [0.25, 0.3) is 0 Å². The Morgan fingerprint density at radius 1 is 1.73 bits per heavy atom. The molecule has 2 N–H and O–H groups in total. The number of carboxylic acids is 1. The number of nitrogens with zero attached hydrogens (tertiary/aromatic N) is 1. The van der Waals surface area contributed by atoms with Crippen molar-refractivity contribution in [1.29, 1.82) is 0 Å². The summed E-state index contributed by atoms with van der Waals surface area (Å²) in [7, 11) is 1.49. The van der Waals surface area contributed by atoms with E-state index in [2.05, 4.69) is 8.81 Å². The fraction of sp³-hybridized carbons (Fsp3) is 0.600. The predicted molar refractivity (Wildman–Crippen MR) is 32.5 cm³/mol. The van der Waals surface area contributed by atoms with Gasteiger partial charge in [-0.15, -0.1) is 0 Å². The zero-order valence-corrected chi connectivity index (χ0v) is 8.84. The van der Waals surface area contributed by atoms with Crippen LogP contribution in [0, 0.1) is 0 Å². The Morgan fingerprint density at radius 2 is 2.27 bits per heavy atom. The van der Waals surface area contributed by atoms with E-state index in [1.807, 2.05) is 0 Å². The molecule has 0 radical (unpaired) electrons. The van der Waals surface area contributed by atoms with Crippen molar-refractivity contribution in [2.75, 3.05) is 7.05 Å². The van der Waals surface area contributed by atoms with Crippen molar-refractivity contribution in [1.82, 2.24) is 5.32 Å². The second kappa shape index (κ2) is 5.27. The van der Waals surface area contributed by atoms with E-state index in [0.29, 0.717) is 0 Å². The molecule has 0 spiro atoms. The summed E-state index contributed by atoms with van der Waals surface area (Å²) in [6.07, 6.45) is -0.0741. The Balaban J connectivity index is 3.97. The van der Waals surface area contributed by atoms with Gasteiger partial charge in [0.1, 0.15) is 0 Å². The molecular formula is C5H8N2O3W. The molecule has 1 unspecified atom stereocenters. The minimum atomic E-state index is -1.03. The van der Waals surface area contributed by atoms with Crippen LogP contribution in [0.3, 0.4) is 0 Å². The number of likely N-dealkylation sites (N-methyl/N-ethyl adjacent to an activating group) is 1. The van der Waals surface area contributed by atoms with E-state index in [4.69, 9.17) is 5.11 Å². The number of aliphatic carboxylic acids is 1. The van der Waals surface area contributed by atoms with Crippen LogP contribution >= 0.6 is 0 Å². The number of rotatable bonds is 4. The summed E-state index contributed by atoms with van der Waals surface area (Å²) in [6, 6.07) is -0.814. The summed E-state index contributed by atoms with van der Waals surface area (Å²) in [6.45, 7) is 0. The summed E-state index contributed by atoms with van der Waals surface area (Å²) in [5, 5.41) is 11.0. The van der Waals surface area contributed by atoms with Crippen LogP contribution in [0.2, 0.25) is 0 Å². The van der Waals surface area contributed by atoms with Crippen molar-refractivity contribution in [2.24, 2.45) is 3.50 Å². The van der Waals surface area contributed by atoms with Crippen molar-refractivity contribution in [3.63, 3.8) is 0 Å². The number of hydrogen-bond acceptors (Lipinski definition) is 3. The molecule has 0 fully saturated rings. The van der Waals surface area contributed by atoms with Crippen molar-refractivity contribution in [3.05, 3.63) is 0 Å². The van der Waals surface area contributed by atoms with Gasteiger partial charge in [-0.2, -0.15) is 0 Å². The van der Waals surface area contributed by atoms with E-state index in [-0.39, 0.29) is 12.3 Å². The van der Waals surface area contributed by atoms with Gasteiger partial charge in [-0.05, 0) is 0 Å². The minimum absolute atomic E-state index is 0.0741. The third kappa shape index (κ3) is 4.11. The van der Waals surface area contributed by atoms with Crippen LogP contribution in [0.5, 0.6) is 0 Å². The normalized spacial score (nSPS) is 12.1. The Morgan fingerprint density at radius 3 is 2.55 bits per heavy atom. The zero-order chi connectivity index (χ0) is 8.85. The number of carbonyl (C=O) groups excluding carboxylic acids is 1. The number of amides is 1. The quantitative estimate of drug-likeness (QED) is 0.716.